The van der Waals surface area contributed by atoms with Crippen LogP contribution >= 0.6 is 11.3 Å². The predicted octanol–water partition coefficient (Wildman–Crippen LogP) is 5.41. The summed E-state index contributed by atoms with van der Waals surface area (Å²) in [6.45, 7) is 5.81. The van der Waals surface area contributed by atoms with E-state index in [0.717, 1.165) is 47.2 Å². The van der Waals surface area contributed by atoms with Crippen LogP contribution in [0, 0.1) is 6.92 Å². The number of nitrogens with zero attached hydrogens (tertiary/aromatic N) is 2. The number of benzene rings is 2. The fourth-order valence-electron chi connectivity index (χ4n) is 3.80. The molecule has 2 heterocycles. The van der Waals surface area contributed by atoms with E-state index < -0.39 is 0 Å². The van der Waals surface area contributed by atoms with E-state index in [4.69, 9.17) is 9.47 Å². The Morgan fingerprint density at radius 1 is 1.10 bits per heavy atom. The van der Waals surface area contributed by atoms with E-state index in [1.807, 2.05) is 60.5 Å². The van der Waals surface area contributed by atoms with Crippen molar-refractivity contribution >= 4 is 17.2 Å². The van der Waals surface area contributed by atoms with Crippen LogP contribution in [0.1, 0.15) is 52.4 Å². The fraction of sp³-hybridized carbons (Fsp3) is 0.333. The molecule has 0 N–H and O–H groups in total. The van der Waals surface area contributed by atoms with Crippen molar-refractivity contribution in [3.8, 4) is 11.5 Å². The molecule has 1 aromatic heterocycles. The first-order chi connectivity index (χ1) is 14.6. The topological polar surface area (TPSA) is 51.7 Å². The van der Waals surface area contributed by atoms with Gasteiger partial charge in [0, 0.05) is 17.5 Å². The van der Waals surface area contributed by atoms with Crippen molar-refractivity contribution in [2.75, 3.05) is 13.2 Å². The van der Waals surface area contributed by atoms with Crippen LogP contribution in [0.3, 0.4) is 0 Å². The van der Waals surface area contributed by atoms with Gasteiger partial charge in [-0.1, -0.05) is 12.1 Å². The largest absolute Gasteiger partial charge is 0.494 e. The number of likely N-dealkylation sites (tertiary alicyclic amines) is 1. The summed E-state index contributed by atoms with van der Waals surface area (Å²) in [5.74, 6) is 1.66. The van der Waals surface area contributed by atoms with Gasteiger partial charge >= 0.3 is 0 Å². The lowest BCUT2D eigenvalue weighted by Gasteiger charge is -2.25. The molecular weight excluding hydrogens is 396 g/mol. The molecule has 1 aliphatic rings. The Labute approximate surface area is 181 Å². The molecule has 0 bridgehead atoms. The van der Waals surface area contributed by atoms with Gasteiger partial charge in [0.05, 0.1) is 23.4 Å². The molecule has 1 aliphatic heterocycles. The molecule has 1 saturated heterocycles. The molecular formula is C24H26N2O3S. The molecule has 3 aromatic rings. The number of aryl methyl sites for hydroxylation is 1. The summed E-state index contributed by atoms with van der Waals surface area (Å²) in [5, 5.41) is 3.03. The summed E-state index contributed by atoms with van der Waals surface area (Å²) in [6.07, 6.45) is 1.99. The maximum atomic E-state index is 13.1. The minimum absolute atomic E-state index is 0.0630. The number of carbonyl (C=O) groups excluding carboxylic acids is 1. The highest BCUT2D eigenvalue weighted by atomic mass is 32.1. The third-order valence-corrected chi connectivity index (χ3v) is 6.07. The summed E-state index contributed by atoms with van der Waals surface area (Å²) < 4.78 is 11.3. The smallest absolute Gasteiger partial charge is 0.254 e. The average molecular weight is 423 g/mol. The van der Waals surface area contributed by atoms with E-state index in [-0.39, 0.29) is 11.9 Å². The maximum Gasteiger partial charge on any atom is 0.254 e. The average Bonchev–Trinajstić information content (AvgIpc) is 3.42. The van der Waals surface area contributed by atoms with Crippen molar-refractivity contribution in [2.24, 2.45) is 0 Å². The third-order valence-electron chi connectivity index (χ3n) is 5.24. The Morgan fingerprint density at radius 2 is 1.80 bits per heavy atom. The molecule has 0 radical (unpaired) electrons. The second-order valence-electron chi connectivity index (χ2n) is 7.33. The van der Waals surface area contributed by atoms with Gasteiger partial charge < -0.3 is 14.4 Å². The van der Waals surface area contributed by atoms with Crippen LogP contribution in [0.2, 0.25) is 0 Å². The normalized spacial score (nSPS) is 15.9. The van der Waals surface area contributed by atoms with E-state index in [1.165, 1.54) is 0 Å². The Kier molecular flexibility index (Phi) is 6.33. The van der Waals surface area contributed by atoms with Crippen molar-refractivity contribution in [2.45, 2.75) is 39.3 Å². The number of rotatable bonds is 7. The number of hydrogen-bond acceptors (Lipinski definition) is 5. The quantitative estimate of drug-likeness (QED) is 0.511. The lowest BCUT2D eigenvalue weighted by molar-refractivity contribution is 0.0735. The van der Waals surface area contributed by atoms with Crippen LogP contribution in [0.4, 0.5) is 0 Å². The van der Waals surface area contributed by atoms with Crippen molar-refractivity contribution in [3.63, 3.8) is 0 Å². The summed E-state index contributed by atoms with van der Waals surface area (Å²) >= 11 is 1.61. The van der Waals surface area contributed by atoms with Crippen LogP contribution < -0.4 is 9.47 Å². The lowest BCUT2D eigenvalue weighted by atomic mass is 10.0. The van der Waals surface area contributed by atoms with Crippen LogP contribution in [0.25, 0.3) is 0 Å². The van der Waals surface area contributed by atoms with Crippen molar-refractivity contribution in [3.05, 3.63) is 75.7 Å². The number of hydrogen-bond donors (Lipinski definition) is 0. The predicted molar refractivity (Wildman–Crippen MR) is 118 cm³/mol. The van der Waals surface area contributed by atoms with Gasteiger partial charge in [-0.25, -0.2) is 4.98 Å². The van der Waals surface area contributed by atoms with Gasteiger partial charge in [0.1, 0.15) is 18.1 Å². The first kappa shape index (κ1) is 20.4. The molecule has 1 amide bonds. The number of aromatic nitrogens is 1. The molecule has 30 heavy (non-hydrogen) atoms. The van der Waals surface area contributed by atoms with Crippen LogP contribution in [-0.2, 0) is 6.61 Å². The van der Waals surface area contributed by atoms with Crippen molar-refractivity contribution in [1.82, 2.24) is 9.88 Å². The molecule has 5 nitrogen and oxygen atoms in total. The van der Waals surface area contributed by atoms with E-state index in [1.54, 1.807) is 11.3 Å². The van der Waals surface area contributed by atoms with E-state index in [2.05, 4.69) is 17.1 Å². The van der Waals surface area contributed by atoms with Crippen LogP contribution in [0.5, 0.6) is 11.5 Å². The number of amides is 1. The van der Waals surface area contributed by atoms with Gasteiger partial charge in [0.15, 0.2) is 0 Å². The second kappa shape index (κ2) is 9.30. The van der Waals surface area contributed by atoms with E-state index in [0.29, 0.717) is 18.8 Å². The molecule has 4 rings (SSSR count). The molecule has 0 unspecified atom stereocenters. The molecule has 0 saturated carbocycles. The van der Waals surface area contributed by atoms with Crippen molar-refractivity contribution < 1.29 is 14.3 Å². The minimum atomic E-state index is 0.0630. The highest BCUT2D eigenvalue weighted by Gasteiger charge is 2.30. The standard InChI is InChI=1S/C24H26N2O3S/c1-3-28-21-10-6-18(7-11-21)23-5-4-14-26(23)24(27)19-8-12-22(13-9-19)29-15-20-16-30-17(2)25-20/h6-13,16,23H,3-5,14-15H2,1-2H3/t23-/m1/s1. The van der Waals surface area contributed by atoms with Crippen molar-refractivity contribution in [1.29, 1.82) is 0 Å². The summed E-state index contributed by atoms with van der Waals surface area (Å²) in [7, 11) is 0. The Hall–Kier alpha value is -2.86. The molecule has 156 valence electrons. The van der Waals surface area contributed by atoms with Gasteiger partial charge in [-0.2, -0.15) is 0 Å². The maximum absolute atomic E-state index is 13.1. The second-order valence-corrected chi connectivity index (χ2v) is 8.39. The molecule has 1 atom stereocenters. The highest BCUT2D eigenvalue weighted by molar-refractivity contribution is 7.09. The van der Waals surface area contributed by atoms with Gasteiger partial charge in [-0.05, 0) is 68.7 Å². The summed E-state index contributed by atoms with van der Waals surface area (Å²) in [6, 6.07) is 15.6. The zero-order valence-electron chi connectivity index (χ0n) is 17.3. The van der Waals surface area contributed by atoms with Gasteiger partial charge in [-0.3, -0.25) is 4.79 Å². The molecule has 6 heteroatoms. The zero-order valence-corrected chi connectivity index (χ0v) is 18.2. The Bertz CT molecular complexity index is 982. The van der Waals surface area contributed by atoms with E-state index in [9.17, 15) is 4.79 Å². The van der Waals surface area contributed by atoms with Crippen LogP contribution in [-0.4, -0.2) is 28.9 Å². The van der Waals surface area contributed by atoms with Gasteiger partial charge in [0.25, 0.3) is 5.91 Å². The van der Waals surface area contributed by atoms with Gasteiger partial charge in [0.2, 0.25) is 0 Å². The Balaban J connectivity index is 1.41. The summed E-state index contributed by atoms with van der Waals surface area (Å²) in [4.78, 5) is 19.5. The Morgan fingerprint density at radius 3 is 2.47 bits per heavy atom. The minimum Gasteiger partial charge on any atom is -0.494 e. The number of thiazole rings is 1. The first-order valence-electron chi connectivity index (χ1n) is 10.3. The van der Waals surface area contributed by atoms with Gasteiger partial charge in [-0.15, -0.1) is 11.3 Å². The van der Waals surface area contributed by atoms with Crippen LogP contribution in [0.15, 0.2) is 53.9 Å². The fourth-order valence-corrected chi connectivity index (χ4v) is 4.40. The number of carbonyl (C=O) groups is 1. The highest BCUT2D eigenvalue weighted by Crippen LogP contribution is 2.34. The molecule has 1 fully saturated rings. The first-order valence-corrected chi connectivity index (χ1v) is 11.2. The van der Waals surface area contributed by atoms with E-state index >= 15 is 0 Å². The molecule has 2 aromatic carbocycles. The summed E-state index contributed by atoms with van der Waals surface area (Å²) in [5.41, 5.74) is 2.76. The monoisotopic (exact) mass is 422 g/mol. The molecule has 0 aliphatic carbocycles. The lowest BCUT2D eigenvalue weighted by Crippen LogP contribution is -2.30. The number of ether oxygens (including phenoxy) is 2. The zero-order chi connectivity index (χ0) is 20.9. The molecule has 0 spiro atoms. The SMILES string of the molecule is CCOc1ccc([C@H]2CCCN2C(=O)c2ccc(OCc3csc(C)n3)cc2)cc1. The third kappa shape index (κ3) is 4.65.